The molecule has 0 amide bonds. The van der Waals surface area contributed by atoms with Crippen molar-refractivity contribution in [3.05, 3.63) is 18.2 Å². The summed E-state index contributed by atoms with van der Waals surface area (Å²) in [6.07, 6.45) is 0. The van der Waals surface area contributed by atoms with Crippen LogP contribution in [0.4, 0.5) is 0 Å². The lowest BCUT2D eigenvalue weighted by Gasteiger charge is -2.22. The highest BCUT2D eigenvalue weighted by molar-refractivity contribution is 5.45. The lowest BCUT2D eigenvalue weighted by atomic mass is 9.96. The van der Waals surface area contributed by atoms with Crippen LogP contribution in [0.3, 0.4) is 0 Å². The lowest BCUT2D eigenvalue weighted by molar-refractivity contribution is 0.0958. The predicted octanol–water partition coefficient (Wildman–Crippen LogP) is 2.10. The van der Waals surface area contributed by atoms with Crippen LogP contribution in [0.15, 0.2) is 18.2 Å². The summed E-state index contributed by atoms with van der Waals surface area (Å²) in [6, 6.07) is 5.37. The summed E-state index contributed by atoms with van der Waals surface area (Å²) >= 11 is 0. The van der Waals surface area contributed by atoms with E-state index in [1.165, 1.54) is 0 Å². The smallest absolute Gasteiger partial charge is 0.164 e. The number of ether oxygens (including phenoxy) is 3. The van der Waals surface area contributed by atoms with E-state index < -0.39 is 0 Å². The van der Waals surface area contributed by atoms with Crippen molar-refractivity contribution in [2.75, 3.05) is 27.4 Å². The Morgan fingerprint density at radius 3 is 2.35 bits per heavy atom. The normalized spacial score (nSPS) is 11.1. The minimum atomic E-state index is -0.273. The molecule has 1 N–H and O–H groups in total. The first kappa shape index (κ1) is 13.6. The molecule has 1 aromatic carbocycles. The lowest BCUT2D eigenvalue weighted by Crippen LogP contribution is -2.25. The molecule has 1 aromatic rings. The molecule has 96 valence electrons. The van der Waals surface area contributed by atoms with E-state index in [0.29, 0.717) is 18.1 Å². The third-order valence-electron chi connectivity index (χ3n) is 2.42. The summed E-state index contributed by atoms with van der Waals surface area (Å²) < 4.78 is 16.0. The zero-order chi connectivity index (χ0) is 12.9. The monoisotopic (exact) mass is 240 g/mol. The number of hydrogen-bond acceptors (Lipinski definition) is 4. The van der Waals surface area contributed by atoms with Gasteiger partial charge in [0.25, 0.3) is 0 Å². The van der Waals surface area contributed by atoms with Crippen LogP contribution in [0.1, 0.15) is 13.8 Å². The Labute approximate surface area is 102 Å². The molecule has 0 saturated carbocycles. The number of aliphatic hydroxyl groups is 1. The van der Waals surface area contributed by atoms with Gasteiger partial charge in [0.05, 0.1) is 27.4 Å². The summed E-state index contributed by atoms with van der Waals surface area (Å²) in [7, 11) is 3.18. The fourth-order valence-corrected chi connectivity index (χ4v) is 1.21. The topological polar surface area (TPSA) is 47.9 Å². The maximum absolute atomic E-state index is 9.15. The van der Waals surface area contributed by atoms with Crippen LogP contribution >= 0.6 is 0 Å². The summed E-state index contributed by atoms with van der Waals surface area (Å²) in [6.45, 7) is 4.36. The number of benzene rings is 1. The first-order valence-electron chi connectivity index (χ1n) is 5.48. The second-order valence-electron chi connectivity index (χ2n) is 4.63. The minimum absolute atomic E-state index is 0.0749. The standard InChI is InChI=1S/C13H20O4/c1-13(2,8-14)9-17-11-6-5-10(15-3)7-12(11)16-4/h5-7,14H,8-9H2,1-4H3. The molecular formula is C13H20O4. The van der Waals surface area contributed by atoms with Crippen molar-refractivity contribution >= 4 is 0 Å². The van der Waals surface area contributed by atoms with Crippen LogP contribution in [-0.2, 0) is 0 Å². The molecule has 17 heavy (non-hydrogen) atoms. The van der Waals surface area contributed by atoms with Crippen molar-refractivity contribution in [3.8, 4) is 17.2 Å². The SMILES string of the molecule is COc1ccc(OCC(C)(C)CO)c(OC)c1. The van der Waals surface area contributed by atoms with E-state index in [4.69, 9.17) is 19.3 Å². The summed E-state index contributed by atoms with van der Waals surface area (Å²) in [4.78, 5) is 0. The van der Waals surface area contributed by atoms with Crippen molar-refractivity contribution in [1.82, 2.24) is 0 Å². The molecule has 0 saturated heterocycles. The van der Waals surface area contributed by atoms with Crippen molar-refractivity contribution in [1.29, 1.82) is 0 Å². The Hall–Kier alpha value is -1.42. The fraction of sp³-hybridized carbons (Fsp3) is 0.538. The average Bonchev–Trinajstić information content (AvgIpc) is 2.36. The summed E-state index contributed by atoms with van der Waals surface area (Å²) in [5, 5.41) is 9.15. The van der Waals surface area contributed by atoms with Gasteiger partial charge in [-0.25, -0.2) is 0 Å². The molecule has 0 spiro atoms. The second kappa shape index (κ2) is 5.77. The van der Waals surface area contributed by atoms with Gasteiger partial charge in [0.2, 0.25) is 0 Å². The van der Waals surface area contributed by atoms with Crippen molar-refractivity contribution in [3.63, 3.8) is 0 Å². The van der Waals surface area contributed by atoms with E-state index >= 15 is 0 Å². The fourth-order valence-electron chi connectivity index (χ4n) is 1.21. The number of methoxy groups -OCH3 is 2. The molecule has 0 aliphatic rings. The molecular weight excluding hydrogens is 220 g/mol. The maximum Gasteiger partial charge on any atom is 0.164 e. The first-order chi connectivity index (χ1) is 8.02. The molecule has 0 aliphatic heterocycles. The average molecular weight is 240 g/mol. The zero-order valence-corrected chi connectivity index (χ0v) is 10.8. The molecule has 1 rings (SSSR count). The first-order valence-corrected chi connectivity index (χ1v) is 5.48. The largest absolute Gasteiger partial charge is 0.497 e. The third kappa shape index (κ3) is 3.82. The minimum Gasteiger partial charge on any atom is -0.497 e. The molecule has 0 radical (unpaired) electrons. The highest BCUT2D eigenvalue weighted by Crippen LogP contribution is 2.32. The van der Waals surface area contributed by atoms with E-state index in [0.717, 1.165) is 5.75 Å². The van der Waals surface area contributed by atoms with Gasteiger partial charge in [0.1, 0.15) is 5.75 Å². The van der Waals surface area contributed by atoms with Crippen molar-refractivity contribution < 1.29 is 19.3 Å². The molecule has 0 heterocycles. The van der Waals surface area contributed by atoms with Gasteiger partial charge in [-0.2, -0.15) is 0 Å². The van der Waals surface area contributed by atoms with E-state index in [-0.39, 0.29) is 12.0 Å². The van der Waals surface area contributed by atoms with E-state index in [1.54, 1.807) is 26.4 Å². The van der Waals surface area contributed by atoms with Gasteiger partial charge in [-0.1, -0.05) is 13.8 Å². The van der Waals surface area contributed by atoms with Gasteiger partial charge in [-0.3, -0.25) is 0 Å². The maximum atomic E-state index is 9.15. The highest BCUT2D eigenvalue weighted by atomic mass is 16.5. The van der Waals surface area contributed by atoms with Crippen LogP contribution in [0.2, 0.25) is 0 Å². The van der Waals surface area contributed by atoms with Crippen LogP contribution in [-0.4, -0.2) is 32.5 Å². The van der Waals surface area contributed by atoms with Crippen LogP contribution in [0.5, 0.6) is 17.2 Å². The second-order valence-corrected chi connectivity index (χ2v) is 4.63. The van der Waals surface area contributed by atoms with Gasteiger partial charge >= 0.3 is 0 Å². The van der Waals surface area contributed by atoms with Crippen molar-refractivity contribution in [2.24, 2.45) is 5.41 Å². The van der Waals surface area contributed by atoms with Crippen LogP contribution in [0.25, 0.3) is 0 Å². The Bertz CT molecular complexity index is 360. The Morgan fingerprint density at radius 1 is 1.12 bits per heavy atom. The van der Waals surface area contributed by atoms with Crippen LogP contribution in [0, 0.1) is 5.41 Å². The molecule has 4 nitrogen and oxygen atoms in total. The van der Waals surface area contributed by atoms with Gasteiger partial charge in [-0.15, -0.1) is 0 Å². The Balaban J connectivity index is 2.77. The summed E-state index contributed by atoms with van der Waals surface area (Å²) in [5.41, 5.74) is -0.273. The van der Waals surface area contributed by atoms with E-state index in [9.17, 15) is 0 Å². The molecule has 0 unspecified atom stereocenters. The zero-order valence-electron chi connectivity index (χ0n) is 10.8. The highest BCUT2D eigenvalue weighted by Gasteiger charge is 2.18. The van der Waals surface area contributed by atoms with E-state index in [1.807, 2.05) is 19.9 Å². The Morgan fingerprint density at radius 2 is 1.82 bits per heavy atom. The molecule has 0 aliphatic carbocycles. The predicted molar refractivity (Wildman–Crippen MR) is 65.9 cm³/mol. The third-order valence-corrected chi connectivity index (χ3v) is 2.42. The molecule has 0 atom stereocenters. The van der Waals surface area contributed by atoms with Crippen LogP contribution < -0.4 is 14.2 Å². The number of hydrogen-bond donors (Lipinski definition) is 1. The van der Waals surface area contributed by atoms with Gasteiger partial charge in [-0.05, 0) is 12.1 Å². The summed E-state index contributed by atoms with van der Waals surface area (Å²) in [5.74, 6) is 1.99. The molecule has 0 aromatic heterocycles. The molecule has 4 heteroatoms. The quantitative estimate of drug-likeness (QED) is 0.827. The Kier molecular flexibility index (Phi) is 4.63. The number of aliphatic hydroxyl groups excluding tert-OH is 1. The van der Waals surface area contributed by atoms with E-state index in [2.05, 4.69) is 0 Å². The molecule has 0 bridgehead atoms. The number of rotatable bonds is 6. The van der Waals surface area contributed by atoms with Gasteiger partial charge in [0.15, 0.2) is 11.5 Å². The molecule has 0 fully saturated rings. The van der Waals surface area contributed by atoms with Gasteiger partial charge < -0.3 is 19.3 Å². The van der Waals surface area contributed by atoms with Gasteiger partial charge in [0, 0.05) is 11.5 Å². The van der Waals surface area contributed by atoms with Crippen molar-refractivity contribution in [2.45, 2.75) is 13.8 Å².